The summed E-state index contributed by atoms with van der Waals surface area (Å²) in [5.74, 6) is 1.23. The van der Waals surface area contributed by atoms with Crippen LogP contribution in [0.3, 0.4) is 0 Å². The molecule has 2 atom stereocenters. The summed E-state index contributed by atoms with van der Waals surface area (Å²) in [4.78, 5) is 31.8. The number of benzene rings is 1. The molecule has 1 aliphatic heterocycles. The number of carbonyl (C=O) groups is 1. The minimum Gasteiger partial charge on any atom is -0.495 e. The summed E-state index contributed by atoms with van der Waals surface area (Å²) in [5, 5.41) is 26.2. The van der Waals surface area contributed by atoms with Gasteiger partial charge in [0.15, 0.2) is 0 Å². The van der Waals surface area contributed by atoms with Crippen molar-refractivity contribution >= 4 is 29.3 Å². The van der Waals surface area contributed by atoms with E-state index in [1.807, 2.05) is 6.07 Å². The summed E-state index contributed by atoms with van der Waals surface area (Å²) in [6.07, 6.45) is 4.43. The third-order valence-electron chi connectivity index (χ3n) is 5.58. The Bertz CT molecular complexity index is 1170. The first kappa shape index (κ1) is 24.6. The Labute approximate surface area is 207 Å². The number of carbonyl (C=O) groups excluding carboxylic acids is 1. The van der Waals surface area contributed by atoms with E-state index in [1.165, 1.54) is 6.20 Å². The lowest BCUT2D eigenvalue weighted by molar-refractivity contribution is 0.0950. The first-order chi connectivity index (χ1) is 17.0. The van der Waals surface area contributed by atoms with Crippen LogP contribution in [-0.4, -0.2) is 68.5 Å². The van der Waals surface area contributed by atoms with Gasteiger partial charge in [-0.15, -0.1) is 0 Å². The van der Waals surface area contributed by atoms with Crippen molar-refractivity contribution < 1.29 is 19.7 Å². The number of rotatable bonds is 9. The Morgan fingerprint density at radius 1 is 1.26 bits per heavy atom. The lowest BCUT2D eigenvalue weighted by Gasteiger charge is -2.23. The lowest BCUT2D eigenvalue weighted by Crippen LogP contribution is -2.34. The monoisotopic (exact) mass is 499 g/mol. The first-order valence-electron chi connectivity index (χ1n) is 11.0. The summed E-state index contributed by atoms with van der Waals surface area (Å²) < 4.78 is 5.20. The molecule has 4 rings (SSSR count). The molecule has 1 aliphatic rings. The number of aliphatic hydroxyl groups excluding tert-OH is 2. The summed E-state index contributed by atoms with van der Waals surface area (Å²) in [5.41, 5.74) is 1.08. The highest BCUT2D eigenvalue weighted by molar-refractivity contribution is 6.32. The van der Waals surface area contributed by atoms with Crippen molar-refractivity contribution in [3.05, 3.63) is 64.8 Å². The third kappa shape index (κ3) is 5.94. The number of hydrogen-bond acceptors (Lipinski definition) is 10. The Morgan fingerprint density at radius 3 is 2.77 bits per heavy atom. The predicted octanol–water partition coefficient (Wildman–Crippen LogP) is 1.40. The van der Waals surface area contributed by atoms with Crippen molar-refractivity contribution in [3.8, 4) is 5.75 Å². The van der Waals surface area contributed by atoms with Crippen molar-refractivity contribution in [1.82, 2.24) is 25.3 Å². The number of hydrogen-bond donors (Lipinski definition) is 4. The predicted molar refractivity (Wildman–Crippen MR) is 129 cm³/mol. The van der Waals surface area contributed by atoms with Crippen molar-refractivity contribution in [2.75, 3.05) is 30.5 Å². The van der Waals surface area contributed by atoms with Crippen molar-refractivity contribution in [3.63, 3.8) is 0 Å². The zero-order valence-corrected chi connectivity index (χ0v) is 19.8. The van der Waals surface area contributed by atoms with Gasteiger partial charge in [-0.2, -0.15) is 4.98 Å². The Kier molecular flexibility index (Phi) is 7.91. The van der Waals surface area contributed by atoms with Crippen LogP contribution < -0.4 is 20.3 Å². The maximum atomic E-state index is 13.0. The van der Waals surface area contributed by atoms with Crippen LogP contribution in [0.4, 0.5) is 11.8 Å². The summed E-state index contributed by atoms with van der Waals surface area (Å²) >= 11 is 6.24. The number of ether oxygens (including phenoxy) is 1. The van der Waals surface area contributed by atoms with Gasteiger partial charge >= 0.3 is 0 Å². The highest BCUT2D eigenvalue weighted by atomic mass is 35.5. The number of nitrogens with zero attached hydrogens (tertiary/aromatic N) is 5. The molecule has 0 aliphatic carbocycles. The molecule has 0 bridgehead atoms. The molecular formula is C23H26ClN7O4. The largest absolute Gasteiger partial charge is 0.495 e. The summed E-state index contributed by atoms with van der Waals surface area (Å²) in [7, 11) is 1.54. The van der Waals surface area contributed by atoms with Crippen LogP contribution in [0.15, 0.2) is 42.9 Å². The van der Waals surface area contributed by atoms with Gasteiger partial charge < -0.3 is 30.5 Å². The van der Waals surface area contributed by atoms with Gasteiger partial charge in [-0.25, -0.2) is 15.0 Å². The molecule has 11 nitrogen and oxygen atoms in total. The van der Waals surface area contributed by atoms with Gasteiger partial charge in [0.05, 0.1) is 37.4 Å². The van der Waals surface area contributed by atoms with E-state index in [1.54, 1.807) is 42.6 Å². The van der Waals surface area contributed by atoms with Crippen LogP contribution in [0, 0.1) is 0 Å². The van der Waals surface area contributed by atoms with Gasteiger partial charge in [-0.05, 0) is 30.2 Å². The molecule has 1 aromatic carbocycles. The van der Waals surface area contributed by atoms with E-state index < -0.39 is 12.0 Å². The second-order valence-electron chi connectivity index (χ2n) is 7.98. The van der Waals surface area contributed by atoms with Gasteiger partial charge in [0.1, 0.15) is 23.0 Å². The molecule has 3 heterocycles. The fraction of sp³-hybridized carbons (Fsp3) is 0.348. The number of aliphatic hydroxyl groups is 2. The summed E-state index contributed by atoms with van der Waals surface area (Å²) in [6.45, 7) is 0.608. The summed E-state index contributed by atoms with van der Waals surface area (Å²) in [6, 6.07) is 6.76. The van der Waals surface area contributed by atoms with E-state index >= 15 is 0 Å². The highest BCUT2D eigenvalue weighted by Gasteiger charge is 2.32. The number of nitrogens with one attached hydrogen (secondary N) is 2. The molecule has 0 saturated carbocycles. The van der Waals surface area contributed by atoms with Crippen molar-refractivity contribution in [1.29, 1.82) is 0 Å². The average molecular weight is 500 g/mol. The molecule has 0 unspecified atom stereocenters. The molecule has 3 aromatic rings. The van der Waals surface area contributed by atoms with Gasteiger partial charge in [0, 0.05) is 31.7 Å². The fourth-order valence-electron chi connectivity index (χ4n) is 3.80. The fourth-order valence-corrected chi connectivity index (χ4v) is 4.08. The molecule has 4 N–H and O–H groups in total. The molecule has 35 heavy (non-hydrogen) atoms. The van der Waals surface area contributed by atoms with E-state index in [0.29, 0.717) is 41.3 Å². The minimum atomic E-state index is -0.595. The molecule has 2 aromatic heterocycles. The van der Waals surface area contributed by atoms with Gasteiger partial charge in [0.2, 0.25) is 5.95 Å². The van der Waals surface area contributed by atoms with Crippen LogP contribution in [0.1, 0.15) is 28.2 Å². The van der Waals surface area contributed by atoms with E-state index in [0.717, 1.165) is 5.56 Å². The molecule has 1 fully saturated rings. The number of halogens is 1. The quantitative estimate of drug-likeness (QED) is 0.340. The molecular weight excluding hydrogens is 474 g/mol. The zero-order chi connectivity index (χ0) is 24.8. The Balaban J connectivity index is 1.58. The van der Waals surface area contributed by atoms with E-state index in [4.69, 9.17) is 16.3 Å². The normalized spacial score (nSPS) is 17.3. The number of methoxy groups -OCH3 is 1. The number of amides is 1. The van der Waals surface area contributed by atoms with Crippen LogP contribution in [0.2, 0.25) is 5.02 Å². The van der Waals surface area contributed by atoms with Gasteiger partial charge in [-0.1, -0.05) is 17.7 Å². The van der Waals surface area contributed by atoms with Crippen molar-refractivity contribution in [2.24, 2.45) is 0 Å². The van der Waals surface area contributed by atoms with Crippen LogP contribution in [0.25, 0.3) is 0 Å². The zero-order valence-electron chi connectivity index (χ0n) is 19.1. The van der Waals surface area contributed by atoms with Crippen LogP contribution >= 0.6 is 11.6 Å². The van der Waals surface area contributed by atoms with E-state index in [2.05, 4.69) is 30.6 Å². The topological polar surface area (TPSA) is 146 Å². The number of aromatic nitrogens is 4. The molecule has 184 valence electrons. The maximum absolute atomic E-state index is 13.0. The highest BCUT2D eigenvalue weighted by Crippen LogP contribution is 2.27. The SMILES string of the molecule is COc1ccc(CNc2nc(N3C[C@@H](O)C[C@@H]3CO)ncc2C(=O)NCc2ncccn2)cc1Cl. The standard InChI is InChI=1S/C23H26ClN7O4/c1-35-19-4-3-14(7-18(19)24)9-27-21-17(22(34)28-11-20-25-5-2-6-26-20)10-29-23(30-21)31-12-16(33)8-15(31)13-32/h2-7,10,15-16,32-33H,8-9,11-13H2,1H3,(H,28,34)(H,27,29,30)/t15-,16+/m1/s1. The smallest absolute Gasteiger partial charge is 0.256 e. The van der Waals surface area contributed by atoms with E-state index in [9.17, 15) is 15.0 Å². The molecule has 0 spiro atoms. The second kappa shape index (κ2) is 11.3. The van der Waals surface area contributed by atoms with Gasteiger partial charge in [0.25, 0.3) is 5.91 Å². The Hall–Kier alpha value is -3.54. The number of β-amino-alcohol motifs (C(OH)–C–C–N with tert-alkyl or cyclic N) is 1. The average Bonchev–Trinajstić information content (AvgIpc) is 3.27. The molecule has 1 amide bonds. The second-order valence-corrected chi connectivity index (χ2v) is 8.39. The molecule has 12 heteroatoms. The van der Waals surface area contributed by atoms with E-state index in [-0.39, 0.29) is 31.3 Å². The maximum Gasteiger partial charge on any atom is 0.256 e. The first-order valence-corrected chi connectivity index (χ1v) is 11.4. The Morgan fingerprint density at radius 2 is 2.06 bits per heavy atom. The molecule has 1 saturated heterocycles. The number of anilines is 2. The lowest BCUT2D eigenvalue weighted by atomic mass is 10.2. The third-order valence-corrected chi connectivity index (χ3v) is 5.88. The van der Waals surface area contributed by atoms with Crippen LogP contribution in [0.5, 0.6) is 5.75 Å². The molecule has 0 radical (unpaired) electrons. The minimum absolute atomic E-state index is 0.139. The van der Waals surface area contributed by atoms with Gasteiger partial charge in [-0.3, -0.25) is 4.79 Å². The van der Waals surface area contributed by atoms with Crippen LogP contribution in [-0.2, 0) is 13.1 Å². The van der Waals surface area contributed by atoms with Crippen molar-refractivity contribution in [2.45, 2.75) is 31.7 Å².